The van der Waals surface area contributed by atoms with Crippen molar-refractivity contribution in [2.75, 3.05) is 0 Å². The Labute approximate surface area is 118 Å². The predicted octanol–water partition coefficient (Wildman–Crippen LogP) is 4.12. The molecule has 0 aliphatic heterocycles. The van der Waals surface area contributed by atoms with Gasteiger partial charge in [-0.2, -0.15) is 0 Å². The van der Waals surface area contributed by atoms with Gasteiger partial charge in [0.25, 0.3) is 0 Å². The van der Waals surface area contributed by atoms with Crippen LogP contribution in [-0.2, 0) is 0 Å². The molecule has 0 bridgehead atoms. The summed E-state index contributed by atoms with van der Waals surface area (Å²) in [5.41, 5.74) is 5.94. The summed E-state index contributed by atoms with van der Waals surface area (Å²) in [7, 11) is 0. The molecule has 0 saturated carbocycles. The highest BCUT2D eigenvalue weighted by Crippen LogP contribution is 2.29. The largest absolute Gasteiger partial charge is 0.483 e. The number of benzene rings is 1. The zero-order valence-electron chi connectivity index (χ0n) is 9.77. The van der Waals surface area contributed by atoms with E-state index in [0.29, 0.717) is 10.2 Å². The third-order valence-electron chi connectivity index (χ3n) is 2.46. The average molecular weight is 330 g/mol. The summed E-state index contributed by atoms with van der Waals surface area (Å²) in [4.78, 5) is 1.06. The van der Waals surface area contributed by atoms with E-state index in [1.165, 1.54) is 6.07 Å². The summed E-state index contributed by atoms with van der Waals surface area (Å²) in [6.45, 7) is 1.89. The fourth-order valence-corrected chi connectivity index (χ4v) is 2.80. The lowest BCUT2D eigenvalue weighted by molar-refractivity contribution is 0.184. The number of rotatable bonds is 4. The maximum atomic E-state index is 13.1. The number of hydrogen-bond acceptors (Lipinski definition) is 3. The van der Waals surface area contributed by atoms with E-state index in [0.717, 1.165) is 4.88 Å². The zero-order valence-corrected chi connectivity index (χ0v) is 12.2. The molecule has 1 aromatic carbocycles. The van der Waals surface area contributed by atoms with Crippen LogP contribution in [0.1, 0.15) is 17.9 Å². The van der Waals surface area contributed by atoms with Crippen LogP contribution >= 0.6 is 27.3 Å². The van der Waals surface area contributed by atoms with Crippen molar-refractivity contribution in [3.05, 3.63) is 50.9 Å². The minimum Gasteiger partial charge on any atom is -0.483 e. The molecule has 1 heterocycles. The number of halogens is 2. The van der Waals surface area contributed by atoms with Gasteiger partial charge in [-0.25, -0.2) is 4.39 Å². The smallest absolute Gasteiger partial charge is 0.148 e. The molecule has 0 aliphatic carbocycles. The Hall–Kier alpha value is -0.910. The number of thiophene rings is 1. The molecular weight excluding hydrogens is 317 g/mol. The lowest BCUT2D eigenvalue weighted by Gasteiger charge is -2.21. The van der Waals surface area contributed by atoms with Crippen LogP contribution in [0.15, 0.2) is 40.2 Å². The van der Waals surface area contributed by atoms with E-state index in [4.69, 9.17) is 10.5 Å². The Morgan fingerprint density at radius 3 is 2.72 bits per heavy atom. The third-order valence-corrected chi connectivity index (χ3v) is 4.00. The van der Waals surface area contributed by atoms with Crippen LogP contribution in [0.2, 0.25) is 0 Å². The van der Waals surface area contributed by atoms with Gasteiger partial charge in [-0.05, 0) is 52.5 Å². The van der Waals surface area contributed by atoms with Crippen molar-refractivity contribution in [2.45, 2.75) is 19.1 Å². The fraction of sp³-hybridized carbons (Fsp3) is 0.231. The molecule has 0 saturated heterocycles. The second kappa shape index (κ2) is 5.82. The predicted molar refractivity (Wildman–Crippen MR) is 75.4 cm³/mol. The van der Waals surface area contributed by atoms with Gasteiger partial charge in [-0.3, -0.25) is 0 Å². The second-order valence-electron chi connectivity index (χ2n) is 3.99. The topological polar surface area (TPSA) is 35.2 Å². The van der Waals surface area contributed by atoms with Crippen LogP contribution < -0.4 is 10.5 Å². The fourth-order valence-electron chi connectivity index (χ4n) is 1.57. The molecule has 2 atom stereocenters. The van der Waals surface area contributed by atoms with Crippen molar-refractivity contribution < 1.29 is 9.13 Å². The molecular formula is C13H13BrFNOS. The first-order chi connectivity index (χ1) is 8.58. The van der Waals surface area contributed by atoms with E-state index >= 15 is 0 Å². The van der Waals surface area contributed by atoms with Gasteiger partial charge in [0.05, 0.1) is 4.47 Å². The van der Waals surface area contributed by atoms with E-state index in [-0.39, 0.29) is 18.0 Å². The molecule has 2 rings (SSSR count). The molecule has 0 aliphatic rings. The first-order valence-electron chi connectivity index (χ1n) is 5.48. The first-order valence-corrected chi connectivity index (χ1v) is 7.16. The molecule has 0 radical (unpaired) electrons. The van der Waals surface area contributed by atoms with E-state index in [1.807, 2.05) is 24.4 Å². The first kappa shape index (κ1) is 13.5. The summed E-state index contributed by atoms with van der Waals surface area (Å²) < 4.78 is 19.4. The van der Waals surface area contributed by atoms with Gasteiger partial charge in [0.2, 0.25) is 0 Å². The van der Waals surface area contributed by atoms with Gasteiger partial charge >= 0.3 is 0 Å². The Bertz CT molecular complexity index is 516. The van der Waals surface area contributed by atoms with Crippen molar-refractivity contribution in [3.8, 4) is 5.75 Å². The molecule has 2 nitrogen and oxygen atoms in total. The van der Waals surface area contributed by atoms with E-state index in [2.05, 4.69) is 15.9 Å². The third kappa shape index (κ3) is 3.10. The number of nitrogens with two attached hydrogens (primary N) is 1. The van der Waals surface area contributed by atoms with Crippen molar-refractivity contribution >= 4 is 27.3 Å². The number of ether oxygens (including phenoxy) is 1. The van der Waals surface area contributed by atoms with Gasteiger partial charge in [-0.1, -0.05) is 6.07 Å². The maximum Gasteiger partial charge on any atom is 0.148 e. The Morgan fingerprint density at radius 1 is 1.39 bits per heavy atom. The molecule has 2 unspecified atom stereocenters. The molecule has 0 amide bonds. The molecule has 18 heavy (non-hydrogen) atoms. The van der Waals surface area contributed by atoms with Crippen LogP contribution in [-0.4, -0.2) is 6.04 Å². The second-order valence-corrected chi connectivity index (χ2v) is 5.82. The normalized spacial score (nSPS) is 14.2. The van der Waals surface area contributed by atoms with Crippen molar-refractivity contribution in [1.82, 2.24) is 0 Å². The van der Waals surface area contributed by atoms with Crippen LogP contribution in [0.5, 0.6) is 5.75 Å². The molecule has 96 valence electrons. The molecule has 0 spiro atoms. The lowest BCUT2D eigenvalue weighted by Crippen LogP contribution is -2.28. The molecule has 0 fully saturated rings. The van der Waals surface area contributed by atoms with Gasteiger partial charge < -0.3 is 10.5 Å². The molecule has 1 aromatic heterocycles. The van der Waals surface area contributed by atoms with Gasteiger partial charge in [0.1, 0.15) is 17.7 Å². The Kier molecular flexibility index (Phi) is 4.37. The SMILES string of the molecule is CC(N)C(Oc1ccc(F)c(Br)c1)c1cccs1. The van der Waals surface area contributed by atoms with Crippen LogP contribution in [0.25, 0.3) is 0 Å². The van der Waals surface area contributed by atoms with E-state index in [1.54, 1.807) is 23.5 Å². The summed E-state index contributed by atoms with van der Waals surface area (Å²) >= 11 is 4.73. The summed E-state index contributed by atoms with van der Waals surface area (Å²) in [5, 5.41) is 1.98. The van der Waals surface area contributed by atoms with Crippen LogP contribution in [0.4, 0.5) is 4.39 Å². The van der Waals surface area contributed by atoms with Crippen molar-refractivity contribution in [3.63, 3.8) is 0 Å². The van der Waals surface area contributed by atoms with E-state index < -0.39 is 0 Å². The van der Waals surface area contributed by atoms with Crippen LogP contribution in [0, 0.1) is 5.82 Å². The highest BCUT2D eigenvalue weighted by molar-refractivity contribution is 9.10. The lowest BCUT2D eigenvalue weighted by atomic mass is 10.1. The minimum absolute atomic E-state index is 0.146. The number of hydrogen-bond donors (Lipinski definition) is 1. The van der Waals surface area contributed by atoms with E-state index in [9.17, 15) is 4.39 Å². The summed E-state index contributed by atoms with van der Waals surface area (Å²) in [6.07, 6.45) is -0.220. The quantitative estimate of drug-likeness (QED) is 0.915. The monoisotopic (exact) mass is 329 g/mol. The van der Waals surface area contributed by atoms with Crippen molar-refractivity contribution in [2.24, 2.45) is 5.73 Å². The van der Waals surface area contributed by atoms with Gasteiger partial charge in [0, 0.05) is 10.9 Å². The average Bonchev–Trinajstić information content (AvgIpc) is 2.83. The standard InChI is InChI=1S/C13H13BrFNOS/c1-8(16)13(12-3-2-6-18-12)17-9-4-5-11(15)10(14)7-9/h2-8,13H,16H2,1H3. The minimum atomic E-state index is -0.309. The molecule has 2 N–H and O–H groups in total. The molecule has 5 heteroatoms. The summed E-state index contributed by atoms with van der Waals surface area (Å²) in [6, 6.07) is 8.37. The van der Waals surface area contributed by atoms with Crippen LogP contribution in [0.3, 0.4) is 0 Å². The maximum absolute atomic E-state index is 13.1. The molecule has 2 aromatic rings. The summed E-state index contributed by atoms with van der Waals surface area (Å²) in [5.74, 6) is 0.287. The highest BCUT2D eigenvalue weighted by Gasteiger charge is 2.19. The van der Waals surface area contributed by atoms with Crippen molar-refractivity contribution in [1.29, 1.82) is 0 Å². The Balaban J connectivity index is 2.21. The van der Waals surface area contributed by atoms with Gasteiger partial charge in [-0.15, -0.1) is 11.3 Å². The Morgan fingerprint density at radius 2 is 2.17 bits per heavy atom. The highest BCUT2D eigenvalue weighted by atomic mass is 79.9. The zero-order chi connectivity index (χ0) is 13.1. The van der Waals surface area contributed by atoms with Gasteiger partial charge in [0.15, 0.2) is 0 Å².